The fraction of sp³-hybridized carbons (Fsp3) is 0.286. The molecule has 1 atom stereocenters. The number of para-hydroxylation sites is 1. The summed E-state index contributed by atoms with van der Waals surface area (Å²) in [4.78, 5) is 31.7. The van der Waals surface area contributed by atoms with E-state index in [-0.39, 0.29) is 22.5 Å². The Hall–Kier alpha value is -2.60. The first kappa shape index (κ1) is 19.2. The maximum absolute atomic E-state index is 12.2. The third-order valence-corrected chi connectivity index (χ3v) is 5.49. The maximum Gasteiger partial charge on any atom is 0.258 e. The van der Waals surface area contributed by atoms with Crippen LogP contribution in [-0.2, 0) is 4.79 Å². The lowest BCUT2D eigenvalue weighted by Crippen LogP contribution is -2.16. The average molecular weight is 382 g/mol. The largest absolute Gasteiger partial charge is 0.325 e. The second-order valence-corrected chi connectivity index (χ2v) is 8.08. The van der Waals surface area contributed by atoms with E-state index in [1.54, 1.807) is 6.07 Å². The van der Waals surface area contributed by atoms with Gasteiger partial charge in [-0.1, -0.05) is 38.1 Å². The van der Waals surface area contributed by atoms with Crippen molar-refractivity contribution < 1.29 is 4.79 Å². The third kappa shape index (κ3) is 4.77. The van der Waals surface area contributed by atoms with Gasteiger partial charge < -0.3 is 10.3 Å². The number of anilines is 1. The molecule has 0 spiro atoms. The summed E-state index contributed by atoms with van der Waals surface area (Å²) in [6.45, 7) is 6.20. The molecule has 0 radical (unpaired) electrons. The molecule has 2 aromatic carbocycles. The van der Waals surface area contributed by atoms with E-state index in [1.165, 1.54) is 17.3 Å². The molecule has 0 fully saturated rings. The van der Waals surface area contributed by atoms with Crippen LogP contribution in [0.1, 0.15) is 43.3 Å². The summed E-state index contributed by atoms with van der Waals surface area (Å²) in [5, 5.41) is 3.37. The van der Waals surface area contributed by atoms with E-state index in [2.05, 4.69) is 29.1 Å². The monoisotopic (exact) mass is 381 g/mol. The van der Waals surface area contributed by atoms with Crippen molar-refractivity contribution in [1.29, 1.82) is 0 Å². The van der Waals surface area contributed by atoms with Crippen molar-refractivity contribution in [3.05, 3.63) is 70.3 Å². The number of amides is 1. The molecular weight excluding hydrogens is 358 g/mol. The summed E-state index contributed by atoms with van der Waals surface area (Å²) >= 11 is 1.44. The molecule has 0 aliphatic heterocycles. The fourth-order valence-electron chi connectivity index (χ4n) is 2.73. The first-order valence-corrected chi connectivity index (χ1v) is 9.99. The predicted octanol–water partition coefficient (Wildman–Crippen LogP) is 4.48. The lowest BCUT2D eigenvalue weighted by molar-refractivity contribution is -0.113. The van der Waals surface area contributed by atoms with Crippen LogP contribution in [0.25, 0.3) is 10.9 Å². The van der Waals surface area contributed by atoms with E-state index in [0.29, 0.717) is 22.6 Å². The van der Waals surface area contributed by atoms with Gasteiger partial charge in [0.25, 0.3) is 5.56 Å². The smallest absolute Gasteiger partial charge is 0.258 e. The second kappa shape index (κ2) is 8.39. The molecule has 1 heterocycles. The number of benzene rings is 2. The molecule has 1 amide bonds. The lowest BCUT2D eigenvalue weighted by Gasteiger charge is -2.12. The van der Waals surface area contributed by atoms with Crippen LogP contribution < -0.4 is 10.9 Å². The van der Waals surface area contributed by atoms with Gasteiger partial charge in [-0.2, -0.15) is 0 Å². The molecule has 1 aromatic heterocycles. The Morgan fingerprint density at radius 3 is 2.52 bits per heavy atom. The van der Waals surface area contributed by atoms with Gasteiger partial charge in [0.2, 0.25) is 5.91 Å². The molecule has 5 nitrogen and oxygen atoms in total. The number of H-pyrrole nitrogens is 1. The number of aromatic amines is 1. The highest BCUT2D eigenvalue weighted by molar-refractivity contribution is 8.00. The van der Waals surface area contributed by atoms with Crippen molar-refractivity contribution in [3.8, 4) is 0 Å². The van der Waals surface area contributed by atoms with Gasteiger partial charge in [-0.3, -0.25) is 9.59 Å². The maximum atomic E-state index is 12.2. The second-order valence-electron chi connectivity index (χ2n) is 6.75. The highest BCUT2D eigenvalue weighted by Gasteiger charge is 2.13. The number of carbonyl (C=O) groups is 1. The Balaban J connectivity index is 1.60. The van der Waals surface area contributed by atoms with E-state index in [0.717, 1.165) is 5.69 Å². The van der Waals surface area contributed by atoms with Gasteiger partial charge in [-0.05, 0) is 42.7 Å². The molecule has 2 N–H and O–H groups in total. The Kier molecular flexibility index (Phi) is 5.96. The van der Waals surface area contributed by atoms with Crippen molar-refractivity contribution in [3.63, 3.8) is 0 Å². The average Bonchev–Trinajstić information content (AvgIpc) is 2.66. The Morgan fingerprint density at radius 1 is 1.11 bits per heavy atom. The Morgan fingerprint density at radius 2 is 1.81 bits per heavy atom. The van der Waals surface area contributed by atoms with Crippen molar-refractivity contribution in [1.82, 2.24) is 9.97 Å². The molecule has 140 valence electrons. The predicted molar refractivity (Wildman–Crippen MR) is 112 cm³/mol. The van der Waals surface area contributed by atoms with Gasteiger partial charge in [0.15, 0.2) is 0 Å². The highest BCUT2D eigenvalue weighted by Crippen LogP contribution is 2.26. The van der Waals surface area contributed by atoms with E-state index >= 15 is 0 Å². The zero-order valence-corrected chi connectivity index (χ0v) is 16.5. The summed E-state index contributed by atoms with van der Waals surface area (Å²) in [5.41, 5.74) is 2.54. The molecule has 3 rings (SSSR count). The number of rotatable bonds is 6. The van der Waals surface area contributed by atoms with E-state index in [1.807, 2.05) is 49.4 Å². The number of nitrogens with one attached hydrogen (secondary N) is 2. The quantitative estimate of drug-likeness (QED) is 0.660. The fourth-order valence-corrected chi connectivity index (χ4v) is 3.47. The Labute approximate surface area is 162 Å². The SMILES string of the molecule is CC(C)c1ccc(NC(=O)CS[C@H](C)c2nc3ccccc3c(=O)[nH]2)cc1. The van der Waals surface area contributed by atoms with Crippen LogP contribution in [0.15, 0.2) is 53.3 Å². The molecule has 6 heteroatoms. The van der Waals surface area contributed by atoms with Gasteiger partial charge in [-0.15, -0.1) is 11.8 Å². The first-order valence-electron chi connectivity index (χ1n) is 8.94. The minimum atomic E-state index is -0.155. The van der Waals surface area contributed by atoms with Crippen molar-refractivity contribution in [2.45, 2.75) is 31.9 Å². The van der Waals surface area contributed by atoms with Crippen LogP contribution >= 0.6 is 11.8 Å². The van der Waals surface area contributed by atoms with Crippen LogP contribution in [0.4, 0.5) is 5.69 Å². The van der Waals surface area contributed by atoms with Crippen LogP contribution in [-0.4, -0.2) is 21.6 Å². The first-order chi connectivity index (χ1) is 12.9. The van der Waals surface area contributed by atoms with Crippen molar-refractivity contribution in [2.75, 3.05) is 11.1 Å². The zero-order valence-electron chi connectivity index (χ0n) is 15.7. The van der Waals surface area contributed by atoms with Crippen molar-refractivity contribution in [2.24, 2.45) is 0 Å². The van der Waals surface area contributed by atoms with Crippen LogP contribution in [0.3, 0.4) is 0 Å². The number of hydrogen-bond acceptors (Lipinski definition) is 4. The van der Waals surface area contributed by atoms with Crippen LogP contribution in [0.2, 0.25) is 0 Å². The number of aromatic nitrogens is 2. The molecule has 0 unspecified atom stereocenters. The van der Waals surface area contributed by atoms with Gasteiger partial charge in [0, 0.05) is 5.69 Å². The van der Waals surface area contributed by atoms with Gasteiger partial charge in [0.1, 0.15) is 5.82 Å². The van der Waals surface area contributed by atoms with Gasteiger partial charge >= 0.3 is 0 Å². The summed E-state index contributed by atoms with van der Waals surface area (Å²) in [6, 6.07) is 15.1. The molecule has 27 heavy (non-hydrogen) atoms. The molecule has 3 aromatic rings. The number of thioether (sulfide) groups is 1. The number of fused-ring (bicyclic) bond motifs is 1. The standard InChI is InChI=1S/C21H23N3O2S/c1-13(2)15-8-10-16(11-9-15)22-19(25)12-27-14(3)20-23-18-7-5-4-6-17(18)21(26)24-20/h4-11,13-14H,12H2,1-3H3,(H,22,25)(H,23,24,26)/t14-/m1/s1. The van der Waals surface area contributed by atoms with Gasteiger partial charge in [-0.25, -0.2) is 4.98 Å². The topological polar surface area (TPSA) is 74.8 Å². The third-order valence-electron chi connectivity index (χ3n) is 4.34. The molecule has 0 bridgehead atoms. The number of carbonyl (C=O) groups excluding carboxylic acids is 1. The normalized spacial score (nSPS) is 12.3. The lowest BCUT2D eigenvalue weighted by atomic mass is 10.0. The zero-order chi connectivity index (χ0) is 19.4. The summed E-state index contributed by atoms with van der Waals surface area (Å²) in [5.74, 6) is 1.25. The molecule has 0 saturated heterocycles. The molecule has 0 saturated carbocycles. The van der Waals surface area contributed by atoms with E-state index < -0.39 is 0 Å². The molecule has 0 aliphatic carbocycles. The van der Waals surface area contributed by atoms with Gasteiger partial charge in [0.05, 0.1) is 21.9 Å². The van der Waals surface area contributed by atoms with Crippen LogP contribution in [0.5, 0.6) is 0 Å². The highest BCUT2D eigenvalue weighted by atomic mass is 32.2. The van der Waals surface area contributed by atoms with Crippen molar-refractivity contribution >= 4 is 34.3 Å². The minimum Gasteiger partial charge on any atom is -0.325 e. The van der Waals surface area contributed by atoms with E-state index in [4.69, 9.17) is 0 Å². The number of nitrogens with zero attached hydrogens (tertiary/aromatic N) is 1. The summed E-state index contributed by atoms with van der Waals surface area (Å²) in [6.07, 6.45) is 0. The van der Waals surface area contributed by atoms with E-state index in [9.17, 15) is 9.59 Å². The molecular formula is C21H23N3O2S. The summed E-state index contributed by atoms with van der Waals surface area (Å²) in [7, 11) is 0. The van der Waals surface area contributed by atoms with Crippen LogP contribution in [0, 0.1) is 0 Å². The molecule has 0 aliphatic rings. The summed E-state index contributed by atoms with van der Waals surface area (Å²) < 4.78 is 0. The Bertz CT molecular complexity index is 996. The number of hydrogen-bond donors (Lipinski definition) is 2. The minimum absolute atomic E-state index is 0.0766.